The lowest BCUT2D eigenvalue weighted by atomic mass is 9.94. The smallest absolute Gasteiger partial charge is 0.228 e. The Labute approximate surface area is 126 Å². The fourth-order valence-electron chi connectivity index (χ4n) is 2.14. The minimum Gasteiger partial charge on any atom is -0.508 e. The van der Waals surface area contributed by atoms with Crippen molar-refractivity contribution in [2.24, 2.45) is 0 Å². The van der Waals surface area contributed by atoms with Crippen LogP contribution in [0.4, 0.5) is 17.6 Å². The summed E-state index contributed by atoms with van der Waals surface area (Å²) in [4.78, 5) is 0. The van der Waals surface area contributed by atoms with Crippen molar-refractivity contribution in [1.82, 2.24) is 0 Å². The molecule has 122 valence electrons. The van der Waals surface area contributed by atoms with Crippen LogP contribution < -0.4 is 4.74 Å². The van der Waals surface area contributed by atoms with E-state index in [4.69, 9.17) is 0 Å². The molecule has 0 spiro atoms. The summed E-state index contributed by atoms with van der Waals surface area (Å²) in [5, 5.41) is 9.14. The molecule has 0 heterocycles. The van der Waals surface area contributed by atoms with Crippen LogP contribution in [0, 0.1) is 17.5 Å². The highest BCUT2D eigenvalue weighted by Crippen LogP contribution is 2.40. The van der Waals surface area contributed by atoms with E-state index in [-0.39, 0.29) is 22.4 Å². The van der Waals surface area contributed by atoms with Crippen molar-refractivity contribution in [1.29, 1.82) is 0 Å². The average Bonchev–Trinajstić information content (AvgIpc) is 2.50. The molecule has 0 amide bonds. The van der Waals surface area contributed by atoms with Crippen molar-refractivity contribution in [3.8, 4) is 11.5 Å². The third kappa shape index (κ3) is 3.10. The molecule has 0 aliphatic heterocycles. The summed E-state index contributed by atoms with van der Waals surface area (Å²) >= 11 is 0. The molecule has 1 N–H and O–H groups in total. The highest BCUT2D eigenvalue weighted by atomic mass is 19.2. The van der Waals surface area contributed by atoms with Crippen molar-refractivity contribution < 1.29 is 27.4 Å². The van der Waals surface area contributed by atoms with E-state index in [1.165, 1.54) is 6.07 Å². The number of aromatic hydroxyl groups is 1. The number of fused-ring (bicyclic) bond motifs is 1. The topological polar surface area (TPSA) is 29.5 Å². The number of alkyl halides is 1. The molecule has 2 aromatic carbocycles. The van der Waals surface area contributed by atoms with Gasteiger partial charge >= 0.3 is 0 Å². The molecular formula is C16H18F4O2. The molecule has 0 aliphatic carbocycles. The molecule has 0 bridgehead atoms. The Balaban J connectivity index is 0.00000116. The number of phenols is 1. The monoisotopic (exact) mass is 318 g/mol. The molecule has 0 saturated carbocycles. The van der Waals surface area contributed by atoms with E-state index in [1.54, 1.807) is 13.8 Å². The lowest BCUT2D eigenvalue weighted by molar-refractivity contribution is 0.184. The number of hydrogen-bond donors (Lipinski definition) is 1. The van der Waals surface area contributed by atoms with Crippen LogP contribution in [0.15, 0.2) is 12.1 Å². The van der Waals surface area contributed by atoms with E-state index in [0.29, 0.717) is 5.56 Å². The molecule has 0 aromatic heterocycles. The van der Waals surface area contributed by atoms with Crippen LogP contribution in [0.2, 0.25) is 0 Å². The number of phenolic OH excluding ortho intramolecular Hbond substituents is 1. The molecule has 0 saturated heterocycles. The maximum atomic E-state index is 13.8. The Hall–Kier alpha value is -1.98. The Bertz CT molecular complexity index is 669. The van der Waals surface area contributed by atoms with E-state index in [1.807, 2.05) is 13.8 Å². The third-order valence-corrected chi connectivity index (χ3v) is 3.02. The SMILES string of the molecule is CC.CC(C)c1cc(O)cc2c(F)c(F)c(F)c(OCF)c12. The van der Waals surface area contributed by atoms with Gasteiger partial charge in [-0.1, -0.05) is 27.7 Å². The normalized spacial score (nSPS) is 10.6. The lowest BCUT2D eigenvalue weighted by Gasteiger charge is -2.16. The largest absolute Gasteiger partial charge is 0.508 e. The molecule has 0 unspecified atom stereocenters. The highest BCUT2D eigenvalue weighted by molar-refractivity contribution is 5.93. The van der Waals surface area contributed by atoms with Crippen LogP contribution in [-0.4, -0.2) is 12.0 Å². The van der Waals surface area contributed by atoms with Crippen molar-refractivity contribution in [3.05, 3.63) is 35.1 Å². The number of halogens is 4. The quantitative estimate of drug-likeness (QED) is 0.605. The van der Waals surface area contributed by atoms with Gasteiger partial charge in [0.25, 0.3) is 0 Å². The summed E-state index contributed by atoms with van der Waals surface area (Å²) in [7, 11) is 0. The van der Waals surface area contributed by atoms with Gasteiger partial charge in [-0.15, -0.1) is 0 Å². The third-order valence-electron chi connectivity index (χ3n) is 3.02. The molecule has 0 fully saturated rings. The summed E-state index contributed by atoms with van der Waals surface area (Å²) in [6.45, 7) is 6.05. The van der Waals surface area contributed by atoms with Gasteiger partial charge in [-0.3, -0.25) is 0 Å². The van der Waals surface area contributed by atoms with Gasteiger partial charge < -0.3 is 9.84 Å². The summed E-state index contributed by atoms with van der Waals surface area (Å²) in [6, 6.07) is 2.24. The van der Waals surface area contributed by atoms with Crippen LogP contribution in [0.1, 0.15) is 39.2 Å². The zero-order chi connectivity index (χ0) is 17.0. The number of hydrogen-bond acceptors (Lipinski definition) is 2. The summed E-state index contributed by atoms with van der Waals surface area (Å²) in [5.74, 6) is -6.01. The van der Waals surface area contributed by atoms with E-state index in [9.17, 15) is 22.7 Å². The Morgan fingerprint density at radius 1 is 1.05 bits per heavy atom. The van der Waals surface area contributed by atoms with Crippen molar-refractivity contribution in [2.45, 2.75) is 33.6 Å². The standard InChI is InChI=1S/C14H12F4O2.C2H6/c1-6(2)8-3-7(19)4-9-10(8)14(20-5-15)13(18)12(17)11(9)16;1-2/h3-4,6,19H,5H2,1-2H3;1-2H3. The second-order valence-electron chi connectivity index (χ2n) is 4.64. The highest BCUT2D eigenvalue weighted by Gasteiger charge is 2.24. The minimum atomic E-state index is -1.76. The second kappa shape index (κ2) is 7.33. The molecule has 6 heteroatoms. The lowest BCUT2D eigenvalue weighted by Crippen LogP contribution is -2.03. The van der Waals surface area contributed by atoms with Crippen LogP contribution >= 0.6 is 0 Å². The van der Waals surface area contributed by atoms with Gasteiger partial charge in [0.1, 0.15) is 5.75 Å². The Kier molecular flexibility index (Phi) is 6.02. The number of ether oxygens (including phenoxy) is 1. The average molecular weight is 318 g/mol. The van der Waals surface area contributed by atoms with E-state index >= 15 is 0 Å². The van der Waals surface area contributed by atoms with Gasteiger partial charge in [0.2, 0.25) is 12.7 Å². The first-order chi connectivity index (χ1) is 10.4. The molecular weight excluding hydrogens is 300 g/mol. The predicted molar refractivity (Wildman–Crippen MR) is 77.5 cm³/mol. The molecule has 2 nitrogen and oxygen atoms in total. The predicted octanol–water partition coefficient (Wildman–Crippen LogP) is 5.42. The zero-order valence-corrected chi connectivity index (χ0v) is 12.8. The van der Waals surface area contributed by atoms with E-state index in [0.717, 1.165) is 6.07 Å². The molecule has 2 rings (SSSR count). The molecule has 0 radical (unpaired) electrons. The molecule has 0 aliphatic rings. The summed E-state index contributed by atoms with van der Waals surface area (Å²) in [6.07, 6.45) is 0. The van der Waals surface area contributed by atoms with Gasteiger partial charge in [-0.05, 0) is 23.6 Å². The van der Waals surface area contributed by atoms with Crippen LogP contribution in [0.3, 0.4) is 0 Å². The van der Waals surface area contributed by atoms with Crippen molar-refractivity contribution in [2.75, 3.05) is 6.86 Å². The van der Waals surface area contributed by atoms with Gasteiger partial charge in [-0.2, -0.15) is 4.39 Å². The maximum Gasteiger partial charge on any atom is 0.228 e. The maximum absolute atomic E-state index is 13.8. The van der Waals surface area contributed by atoms with Gasteiger partial charge in [0.05, 0.1) is 0 Å². The van der Waals surface area contributed by atoms with E-state index < -0.39 is 30.1 Å². The second-order valence-corrected chi connectivity index (χ2v) is 4.64. The van der Waals surface area contributed by atoms with E-state index in [2.05, 4.69) is 4.74 Å². The van der Waals surface area contributed by atoms with Crippen molar-refractivity contribution >= 4 is 10.8 Å². The summed E-state index contributed by atoms with van der Waals surface area (Å²) < 4.78 is 57.9. The van der Waals surface area contributed by atoms with Crippen LogP contribution in [0.25, 0.3) is 10.8 Å². The number of benzene rings is 2. The number of rotatable bonds is 3. The zero-order valence-electron chi connectivity index (χ0n) is 12.8. The molecule has 2 aromatic rings. The fourth-order valence-corrected chi connectivity index (χ4v) is 2.14. The van der Waals surface area contributed by atoms with Crippen LogP contribution in [-0.2, 0) is 0 Å². The first kappa shape index (κ1) is 18.1. The van der Waals surface area contributed by atoms with Crippen LogP contribution in [0.5, 0.6) is 11.5 Å². The Morgan fingerprint density at radius 2 is 1.64 bits per heavy atom. The fraction of sp³-hybridized carbons (Fsp3) is 0.375. The van der Waals surface area contributed by atoms with Gasteiger partial charge in [0, 0.05) is 10.8 Å². The first-order valence-electron chi connectivity index (χ1n) is 6.90. The minimum absolute atomic E-state index is 0.0770. The Morgan fingerprint density at radius 3 is 2.14 bits per heavy atom. The van der Waals surface area contributed by atoms with Crippen molar-refractivity contribution in [3.63, 3.8) is 0 Å². The molecule has 22 heavy (non-hydrogen) atoms. The van der Waals surface area contributed by atoms with Gasteiger partial charge in [-0.25, -0.2) is 13.2 Å². The van der Waals surface area contributed by atoms with Gasteiger partial charge in [0.15, 0.2) is 17.4 Å². The molecule has 0 atom stereocenters. The first-order valence-corrected chi connectivity index (χ1v) is 6.90. The summed E-state index contributed by atoms with van der Waals surface area (Å²) in [5.41, 5.74) is 0.334.